The van der Waals surface area contributed by atoms with Gasteiger partial charge in [-0.3, -0.25) is 4.79 Å². The van der Waals surface area contributed by atoms with E-state index in [2.05, 4.69) is 17.2 Å². The predicted octanol–water partition coefficient (Wildman–Crippen LogP) is 0.212. The van der Waals surface area contributed by atoms with Gasteiger partial charge in [-0.05, 0) is 12.1 Å². The number of hydrogen-bond donors (Lipinski definition) is 2. The quantitative estimate of drug-likeness (QED) is 0.605. The van der Waals surface area contributed by atoms with Crippen LogP contribution in [-0.4, -0.2) is 20.9 Å². The second kappa shape index (κ2) is 6.19. The van der Waals surface area contributed by atoms with Crippen LogP contribution >= 0.6 is 0 Å². The van der Waals surface area contributed by atoms with Crippen LogP contribution in [0.25, 0.3) is 0 Å². The van der Waals surface area contributed by atoms with Gasteiger partial charge in [-0.15, -0.1) is 0 Å². The van der Waals surface area contributed by atoms with Crippen molar-refractivity contribution in [2.45, 2.75) is 18.2 Å². The monoisotopic (exact) mass is 266 g/mol. The fourth-order valence-corrected chi connectivity index (χ4v) is 1.97. The highest BCUT2D eigenvalue weighted by atomic mass is 32.2. The topological polar surface area (TPSA) is 89.3 Å². The Morgan fingerprint density at radius 2 is 2.06 bits per heavy atom. The maximum Gasteiger partial charge on any atom is 0.239 e. The molecular weight excluding hydrogens is 252 g/mol. The lowest BCUT2D eigenvalue weighted by Gasteiger charge is -2.00. The summed E-state index contributed by atoms with van der Waals surface area (Å²) in [6, 6.07) is 6.27. The molecule has 1 aromatic carbocycles. The van der Waals surface area contributed by atoms with Crippen LogP contribution in [0.15, 0.2) is 29.2 Å². The Morgan fingerprint density at radius 1 is 1.39 bits per heavy atom. The van der Waals surface area contributed by atoms with Crippen LogP contribution in [-0.2, 0) is 14.8 Å². The van der Waals surface area contributed by atoms with Gasteiger partial charge >= 0.3 is 0 Å². The number of primary sulfonamides is 1. The molecule has 6 heteroatoms. The smallest absolute Gasteiger partial charge is 0.239 e. The van der Waals surface area contributed by atoms with Gasteiger partial charge in [0, 0.05) is 25.5 Å². The molecule has 0 aliphatic carbocycles. The minimum atomic E-state index is -3.76. The summed E-state index contributed by atoms with van der Waals surface area (Å²) in [6.07, 6.45) is 0.443. The molecule has 0 heterocycles. The third-order valence-electron chi connectivity index (χ3n) is 2.04. The average molecular weight is 266 g/mol. The van der Waals surface area contributed by atoms with Gasteiger partial charge in [0.1, 0.15) is 0 Å². The first kappa shape index (κ1) is 14.2. The standard InChI is InChI=1S/C12H14N2O3S/c1-10(15)14-9-5-4-7-11-6-2-3-8-12(11)18(13,16)17/h2-3,6,8H,5,9H2,1H3,(H,14,15)(H2,13,16,17). The SMILES string of the molecule is CC(=O)NCCC#Cc1ccccc1S(N)(=O)=O. The van der Waals surface area contributed by atoms with Crippen molar-refractivity contribution in [1.29, 1.82) is 0 Å². The molecule has 18 heavy (non-hydrogen) atoms. The number of nitrogens with one attached hydrogen (secondary N) is 1. The van der Waals surface area contributed by atoms with Gasteiger partial charge in [0.15, 0.2) is 0 Å². The van der Waals surface area contributed by atoms with Crippen molar-refractivity contribution in [1.82, 2.24) is 5.32 Å². The van der Waals surface area contributed by atoms with Crippen LogP contribution in [0.4, 0.5) is 0 Å². The number of carbonyl (C=O) groups excluding carboxylic acids is 1. The fourth-order valence-electron chi connectivity index (χ4n) is 1.28. The van der Waals surface area contributed by atoms with Crippen molar-refractivity contribution in [2.24, 2.45) is 5.14 Å². The Morgan fingerprint density at radius 3 is 2.67 bits per heavy atom. The van der Waals surface area contributed by atoms with E-state index in [1.807, 2.05) is 0 Å². The molecule has 1 amide bonds. The maximum absolute atomic E-state index is 11.3. The summed E-state index contributed by atoms with van der Waals surface area (Å²) in [5, 5.41) is 7.67. The third-order valence-corrected chi connectivity index (χ3v) is 3.01. The van der Waals surface area contributed by atoms with Gasteiger partial charge < -0.3 is 5.32 Å². The first-order valence-electron chi connectivity index (χ1n) is 5.26. The molecule has 1 rings (SSSR count). The van der Waals surface area contributed by atoms with Gasteiger partial charge in [0.05, 0.1) is 4.90 Å². The van der Waals surface area contributed by atoms with Crippen LogP contribution in [0.3, 0.4) is 0 Å². The van der Waals surface area contributed by atoms with E-state index in [4.69, 9.17) is 5.14 Å². The van der Waals surface area contributed by atoms with Crippen molar-refractivity contribution in [3.05, 3.63) is 29.8 Å². The molecule has 1 aromatic rings. The molecule has 0 fully saturated rings. The van der Waals surface area contributed by atoms with E-state index in [1.165, 1.54) is 13.0 Å². The van der Waals surface area contributed by atoms with Crippen molar-refractivity contribution in [3.63, 3.8) is 0 Å². The molecule has 3 N–H and O–H groups in total. The minimum Gasteiger partial charge on any atom is -0.355 e. The predicted molar refractivity (Wildman–Crippen MR) is 68.0 cm³/mol. The van der Waals surface area contributed by atoms with Crippen LogP contribution in [0, 0.1) is 11.8 Å². The summed E-state index contributed by atoms with van der Waals surface area (Å²) in [5.41, 5.74) is 0.364. The summed E-state index contributed by atoms with van der Waals surface area (Å²) in [7, 11) is -3.76. The molecule has 0 bridgehead atoms. The van der Waals surface area contributed by atoms with Crippen molar-refractivity contribution < 1.29 is 13.2 Å². The molecule has 0 aliphatic rings. The normalized spacial score (nSPS) is 10.3. The van der Waals surface area contributed by atoms with E-state index in [-0.39, 0.29) is 10.8 Å². The molecule has 0 saturated heterocycles. The first-order chi connectivity index (χ1) is 8.41. The lowest BCUT2D eigenvalue weighted by atomic mass is 10.2. The number of benzene rings is 1. The largest absolute Gasteiger partial charge is 0.355 e. The Hall–Kier alpha value is -1.84. The zero-order valence-electron chi connectivity index (χ0n) is 9.93. The molecule has 0 spiro atoms. The summed E-state index contributed by atoms with van der Waals surface area (Å²) < 4.78 is 22.6. The highest BCUT2D eigenvalue weighted by Gasteiger charge is 2.10. The van der Waals surface area contributed by atoms with E-state index < -0.39 is 10.0 Å². The summed E-state index contributed by atoms with van der Waals surface area (Å²) in [4.78, 5) is 10.6. The second-order valence-electron chi connectivity index (χ2n) is 3.58. The highest BCUT2D eigenvalue weighted by molar-refractivity contribution is 7.89. The van der Waals surface area contributed by atoms with E-state index in [1.54, 1.807) is 18.2 Å². The van der Waals surface area contributed by atoms with E-state index in [0.29, 0.717) is 18.5 Å². The van der Waals surface area contributed by atoms with Gasteiger partial charge in [-0.25, -0.2) is 13.6 Å². The van der Waals surface area contributed by atoms with Crippen LogP contribution in [0.1, 0.15) is 18.9 Å². The number of amides is 1. The van der Waals surface area contributed by atoms with Crippen LogP contribution in [0.2, 0.25) is 0 Å². The number of hydrogen-bond acceptors (Lipinski definition) is 3. The van der Waals surface area contributed by atoms with Crippen molar-refractivity contribution in [2.75, 3.05) is 6.54 Å². The second-order valence-corrected chi connectivity index (χ2v) is 5.11. The molecular formula is C12H14N2O3S. The van der Waals surface area contributed by atoms with E-state index >= 15 is 0 Å². The number of carbonyl (C=O) groups is 1. The number of nitrogens with two attached hydrogens (primary N) is 1. The zero-order valence-corrected chi connectivity index (χ0v) is 10.8. The molecule has 0 atom stereocenters. The first-order valence-corrected chi connectivity index (χ1v) is 6.81. The van der Waals surface area contributed by atoms with Crippen molar-refractivity contribution in [3.8, 4) is 11.8 Å². The minimum absolute atomic E-state index is 0.0111. The van der Waals surface area contributed by atoms with Crippen molar-refractivity contribution >= 4 is 15.9 Å². The summed E-state index contributed by atoms with van der Waals surface area (Å²) in [6.45, 7) is 1.85. The third kappa shape index (κ3) is 4.57. The van der Waals surface area contributed by atoms with Crippen LogP contribution in [0.5, 0.6) is 0 Å². The molecule has 96 valence electrons. The molecule has 0 saturated carbocycles. The highest BCUT2D eigenvalue weighted by Crippen LogP contribution is 2.11. The Balaban J connectivity index is 2.80. The Kier molecular flexibility index (Phi) is 4.89. The lowest BCUT2D eigenvalue weighted by Crippen LogP contribution is -2.20. The summed E-state index contributed by atoms with van der Waals surface area (Å²) >= 11 is 0. The number of rotatable bonds is 3. The van der Waals surface area contributed by atoms with Gasteiger partial charge in [-0.2, -0.15) is 0 Å². The lowest BCUT2D eigenvalue weighted by molar-refractivity contribution is -0.118. The van der Waals surface area contributed by atoms with Crippen LogP contribution < -0.4 is 10.5 Å². The van der Waals surface area contributed by atoms with E-state index in [9.17, 15) is 13.2 Å². The molecule has 0 radical (unpaired) electrons. The number of sulfonamides is 1. The van der Waals surface area contributed by atoms with E-state index in [0.717, 1.165) is 0 Å². The Bertz CT molecular complexity index is 597. The molecule has 5 nitrogen and oxygen atoms in total. The van der Waals surface area contributed by atoms with Gasteiger partial charge in [0.25, 0.3) is 0 Å². The molecule has 0 aromatic heterocycles. The summed E-state index contributed by atoms with van der Waals surface area (Å²) in [5.74, 6) is 5.39. The molecule has 0 unspecified atom stereocenters. The fraction of sp³-hybridized carbons (Fsp3) is 0.250. The zero-order chi connectivity index (χ0) is 13.6. The van der Waals surface area contributed by atoms with Gasteiger partial charge in [0.2, 0.25) is 15.9 Å². The Labute approximate surface area is 106 Å². The maximum atomic E-state index is 11.3. The van der Waals surface area contributed by atoms with Gasteiger partial charge in [-0.1, -0.05) is 24.0 Å². The molecule has 0 aliphatic heterocycles. The average Bonchev–Trinajstić information content (AvgIpc) is 2.27.